The SMILES string of the molecule is CBc1cccc2cccc(BN3c4ccccc4C4=CC=CCC43)c12. The van der Waals surface area contributed by atoms with Crippen LogP contribution in [0.5, 0.6) is 0 Å². The van der Waals surface area contributed by atoms with Crippen molar-refractivity contribution in [1.82, 2.24) is 0 Å². The summed E-state index contributed by atoms with van der Waals surface area (Å²) in [5.74, 6) is 0. The van der Waals surface area contributed by atoms with Crippen LogP contribution in [0.1, 0.15) is 12.0 Å². The fourth-order valence-corrected chi connectivity index (χ4v) is 4.62. The molecule has 0 radical (unpaired) electrons. The first kappa shape index (κ1) is 15.6. The summed E-state index contributed by atoms with van der Waals surface area (Å²) in [4.78, 5) is 2.60. The molecular formula is C23H21B2N. The zero-order valence-corrected chi connectivity index (χ0v) is 15.2. The molecule has 1 unspecified atom stereocenters. The molecule has 0 bridgehead atoms. The van der Waals surface area contributed by atoms with Gasteiger partial charge in [0, 0.05) is 17.3 Å². The smallest absolute Gasteiger partial charge is 0.271 e. The molecule has 0 fully saturated rings. The molecule has 2 aliphatic rings. The van der Waals surface area contributed by atoms with Crippen molar-refractivity contribution in [3.05, 3.63) is 84.5 Å². The van der Waals surface area contributed by atoms with E-state index in [1.807, 2.05) is 0 Å². The zero-order chi connectivity index (χ0) is 17.5. The number of hydrogen-bond acceptors (Lipinski definition) is 1. The van der Waals surface area contributed by atoms with Crippen molar-refractivity contribution < 1.29 is 0 Å². The summed E-state index contributed by atoms with van der Waals surface area (Å²) < 4.78 is 0. The van der Waals surface area contributed by atoms with Gasteiger partial charge in [-0.3, -0.25) is 0 Å². The Kier molecular flexibility index (Phi) is 3.74. The molecular weight excluding hydrogens is 312 g/mol. The summed E-state index contributed by atoms with van der Waals surface area (Å²) in [6.07, 6.45) is 7.90. The summed E-state index contributed by atoms with van der Waals surface area (Å²) >= 11 is 0. The van der Waals surface area contributed by atoms with E-state index in [1.165, 1.54) is 38.5 Å². The summed E-state index contributed by atoms with van der Waals surface area (Å²) in [5.41, 5.74) is 7.13. The van der Waals surface area contributed by atoms with Gasteiger partial charge < -0.3 is 4.81 Å². The highest BCUT2D eigenvalue weighted by Gasteiger charge is 2.33. The Bertz CT molecular complexity index is 1050. The van der Waals surface area contributed by atoms with E-state index in [0.717, 1.165) is 21.1 Å². The average Bonchev–Trinajstić information content (AvgIpc) is 3.02. The van der Waals surface area contributed by atoms with Gasteiger partial charge in [0.05, 0.1) is 0 Å². The van der Waals surface area contributed by atoms with Crippen LogP contribution in [-0.4, -0.2) is 20.7 Å². The highest BCUT2D eigenvalue weighted by molar-refractivity contribution is 6.66. The van der Waals surface area contributed by atoms with Crippen LogP contribution in [0.4, 0.5) is 5.69 Å². The van der Waals surface area contributed by atoms with Gasteiger partial charge >= 0.3 is 0 Å². The van der Waals surface area contributed by atoms with Crippen LogP contribution in [0.2, 0.25) is 6.82 Å². The molecule has 3 heteroatoms. The number of hydrogen-bond donors (Lipinski definition) is 0. The molecule has 0 amide bonds. The maximum Gasteiger partial charge on any atom is 0.271 e. The number of benzene rings is 3. The monoisotopic (exact) mass is 333 g/mol. The fourth-order valence-electron chi connectivity index (χ4n) is 4.62. The van der Waals surface area contributed by atoms with E-state index in [2.05, 4.69) is 90.5 Å². The van der Waals surface area contributed by atoms with Crippen molar-refractivity contribution in [2.24, 2.45) is 0 Å². The van der Waals surface area contributed by atoms with E-state index in [9.17, 15) is 0 Å². The molecule has 3 aromatic carbocycles. The molecule has 1 nitrogen and oxygen atoms in total. The molecule has 0 aromatic heterocycles. The Morgan fingerprint density at radius 3 is 2.58 bits per heavy atom. The van der Waals surface area contributed by atoms with Gasteiger partial charge in [-0.25, -0.2) is 0 Å². The quantitative estimate of drug-likeness (QED) is 0.666. The van der Waals surface area contributed by atoms with E-state index in [0.29, 0.717) is 6.04 Å². The molecule has 0 saturated heterocycles. The van der Waals surface area contributed by atoms with Crippen LogP contribution in [-0.2, 0) is 0 Å². The Morgan fingerprint density at radius 1 is 0.923 bits per heavy atom. The minimum absolute atomic E-state index is 0.460. The van der Waals surface area contributed by atoms with E-state index in [4.69, 9.17) is 0 Å². The minimum atomic E-state index is 0.460. The number of rotatable bonds is 3. The summed E-state index contributed by atoms with van der Waals surface area (Å²) in [7, 11) is 2.03. The average molecular weight is 333 g/mol. The summed E-state index contributed by atoms with van der Waals surface area (Å²) in [6, 6.07) is 22.8. The lowest BCUT2D eigenvalue weighted by Gasteiger charge is -2.29. The van der Waals surface area contributed by atoms with Crippen LogP contribution in [0, 0.1) is 0 Å². The van der Waals surface area contributed by atoms with Gasteiger partial charge in [0.25, 0.3) is 7.41 Å². The molecule has 3 aromatic rings. The third kappa shape index (κ3) is 2.34. The van der Waals surface area contributed by atoms with Gasteiger partial charge in [0.1, 0.15) is 0 Å². The molecule has 124 valence electrons. The van der Waals surface area contributed by atoms with Crippen molar-refractivity contribution in [3.8, 4) is 0 Å². The number of fused-ring (bicyclic) bond motifs is 4. The van der Waals surface area contributed by atoms with Crippen molar-refractivity contribution in [2.45, 2.75) is 19.3 Å². The molecule has 5 rings (SSSR count). The normalized spacial score (nSPS) is 17.7. The van der Waals surface area contributed by atoms with Crippen molar-refractivity contribution in [2.75, 3.05) is 4.81 Å². The van der Waals surface area contributed by atoms with Gasteiger partial charge in [-0.1, -0.05) is 90.6 Å². The number of nitrogens with zero attached hydrogens (tertiary/aromatic N) is 1. The van der Waals surface area contributed by atoms with Crippen molar-refractivity contribution >= 4 is 47.7 Å². The maximum absolute atomic E-state index is 2.60. The Labute approximate surface area is 156 Å². The molecule has 26 heavy (non-hydrogen) atoms. The molecule has 1 aliphatic carbocycles. The molecule has 1 aliphatic heterocycles. The van der Waals surface area contributed by atoms with Crippen molar-refractivity contribution in [3.63, 3.8) is 0 Å². The number of para-hydroxylation sites is 1. The van der Waals surface area contributed by atoms with E-state index in [1.54, 1.807) is 0 Å². The zero-order valence-electron chi connectivity index (χ0n) is 15.2. The molecule has 0 spiro atoms. The van der Waals surface area contributed by atoms with Gasteiger partial charge in [-0.15, -0.1) is 0 Å². The van der Waals surface area contributed by atoms with E-state index in [-0.39, 0.29) is 0 Å². The van der Waals surface area contributed by atoms with E-state index < -0.39 is 0 Å². The fraction of sp³-hybridized carbons (Fsp3) is 0.130. The predicted octanol–water partition coefficient (Wildman–Crippen LogP) is 3.16. The first-order valence-electron chi connectivity index (χ1n) is 9.59. The third-order valence-corrected chi connectivity index (χ3v) is 5.83. The van der Waals surface area contributed by atoms with Crippen LogP contribution < -0.4 is 15.7 Å². The first-order valence-corrected chi connectivity index (χ1v) is 9.59. The standard InChI is InChI=1S/C23H21B2N/c1-24-19-12-6-8-16-9-7-13-20(23(16)19)25-26-21-14-4-2-10-17(21)18-11-3-5-15-22(18)26/h2-14,22,24-25H,15H2,1H3. The molecule has 1 heterocycles. The number of allylic oxidation sites excluding steroid dienone is 2. The minimum Gasteiger partial charge on any atom is -0.406 e. The topological polar surface area (TPSA) is 3.24 Å². The van der Waals surface area contributed by atoms with Gasteiger partial charge in [-0.05, 0) is 28.8 Å². The second-order valence-electron chi connectivity index (χ2n) is 7.23. The predicted molar refractivity (Wildman–Crippen MR) is 118 cm³/mol. The summed E-state index contributed by atoms with van der Waals surface area (Å²) in [6.45, 7) is 2.25. The summed E-state index contributed by atoms with van der Waals surface area (Å²) in [5, 5.41) is 2.80. The largest absolute Gasteiger partial charge is 0.406 e. The Morgan fingerprint density at radius 2 is 1.73 bits per heavy atom. The maximum atomic E-state index is 2.60. The highest BCUT2D eigenvalue weighted by Crippen LogP contribution is 2.42. The second-order valence-corrected chi connectivity index (χ2v) is 7.23. The molecule has 1 atom stereocenters. The van der Waals surface area contributed by atoms with E-state index >= 15 is 0 Å². The van der Waals surface area contributed by atoms with Gasteiger partial charge in [0.2, 0.25) is 0 Å². The Balaban J connectivity index is 1.63. The Hall–Kier alpha value is -2.67. The first-order chi connectivity index (χ1) is 12.9. The molecule has 0 saturated carbocycles. The molecule has 0 N–H and O–H groups in total. The van der Waals surface area contributed by atoms with Gasteiger partial charge in [-0.2, -0.15) is 0 Å². The van der Waals surface area contributed by atoms with Crippen molar-refractivity contribution in [1.29, 1.82) is 0 Å². The van der Waals surface area contributed by atoms with Crippen LogP contribution in [0.25, 0.3) is 16.3 Å². The third-order valence-electron chi connectivity index (χ3n) is 5.83. The lowest BCUT2D eigenvalue weighted by atomic mass is 9.66. The van der Waals surface area contributed by atoms with Crippen LogP contribution in [0.3, 0.4) is 0 Å². The van der Waals surface area contributed by atoms with Crippen LogP contribution in [0.15, 0.2) is 78.9 Å². The van der Waals surface area contributed by atoms with Crippen LogP contribution >= 0.6 is 0 Å². The lowest BCUT2D eigenvalue weighted by molar-refractivity contribution is 0.863. The second kappa shape index (κ2) is 6.25. The van der Waals surface area contributed by atoms with Gasteiger partial charge in [0.15, 0.2) is 7.28 Å². The number of anilines is 1. The highest BCUT2D eigenvalue weighted by atomic mass is 15.1. The lowest BCUT2D eigenvalue weighted by Crippen LogP contribution is -2.42.